The zero-order valence-electron chi connectivity index (χ0n) is 10.7. The van der Waals surface area contributed by atoms with E-state index in [0.29, 0.717) is 0 Å². The molecule has 102 valence electrons. The second kappa shape index (κ2) is 5.16. The van der Waals surface area contributed by atoms with E-state index in [1.165, 1.54) is 0 Å². The summed E-state index contributed by atoms with van der Waals surface area (Å²) in [6.07, 6.45) is 11.3. The maximum Gasteiger partial charge on any atom is 0.128 e. The van der Waals surface area contributed by atoms with Gasteiger partial charge in [0.2, 0.25) is 0 Å². The number of alkyl halides is 1. The maximum absolute atomic E-state index is 6.51. The van der Waals surface area contributed by atoms with Gasteiger partial charge < -0.3 is 9.47 Å². The Labute approximate surface area is 127 Å². The van der Waals surface area contributed by atoms with Crippen molar-refractivity contribution in [3.05, 3.63) is 22.4 Å². The largest absolute Gasteiger partial charge is 0.491 e. The summed E-state index contributed by atoms with van der Waals surface area (Å²) in [5.74, 6) is 4.06. The van der Waals surface area contributed by atoms with Crippen LogP contribution in [0.1, 0.15) is 19.8 Å². The Morgan fingerprint density at radius 2 is 2.42 bits per heavy atom. The molecule has 0 aliphatic carbocycles. The van der Waals surface area contributed by atoms with E-state index in [0.717, 1.165) is 23.1 Å². The molecule has 0 aromatic heterocycles. The quantitative estimate of drug-likeness (QED) is 0.576. The van der Waals surface area contributed by atoms with Gasteiger partial charge in [0.05, 0.1) is 17.4 Å². The topological polar surface area (TPSA) is 18.5 Å². The molecule has 2 nitrogen and oxygen atoms in total. The molecule has 0 N–H and O–H groups in total. The first kappa shape index (κ1) is 13.5. The van der Waals surface area contributed by atoms with Crippen molar-refractivity contribution in [2.45, 2.75) is 43.5 Å². The van der Waals surface area contributed by atoms with Crippen molar-refractivity contribution in [1.82, 2.24) is 0 Å². The standard InChI is InChI=1S/C15H16BrClO2/c1-3-5-6-9(17)12-10-7-11-15(18-10)13(12)14(19-11)8(16)4-2/h1,5-6,9-13,15H,4,7H2,2H3/b6-5-,14-8+. The number of fused-ring (bicyclic) bond motifs is 1. The predicted octanol–water partition coefficient (Wildman–Crippen LogP) is 3.60. The lowest BCUT2D eigenvalue weighted by atomic mass is 9.77. The van der Waals surface area contributed by atoms with Crippen LogP contribution < -0.4 is 0 Å². The van der Waals surface area contributed by atoms with Gasteiger partial charge in [-0.2, -0.15) is 0 Å². The van der Waals surface area contributed by atoms with E-state index < -0.39 is 0 Å². The van der Waals surface area contributed by atoms with Crippen LogP contribution in [0.2, 0.25) is 0 Å². The van der Waals surface area contributed by atoms with Crippen LogP contribution in [-0.4, -0.2) is 23.7 Å². The predicted molar refractivity (Wildman–Crippen MR) is 79.0 cm³/mol. The molecule has 0 saturated carbocycles. The fourth-order valence-corrected chi connectivity index (χ4v) is 4.25. The van der Waals surface area contributed by atoms with Crippen molar-refractivity contribution in [2.75, 3.05) is 0 Å². The van der Waals surface area contributed by atoms with Gasteiger partial charge in [-0.1, -0.05) is 34.9 Å². The van der Waals surface area contributed by atoms with E-state index in [4.69, 9.17) is 27.5 Å². The van der Waals surface area contributed by atoms with Crippen LogP contribution in [0.15, 0.2) is 22.4 Å². The Bertz CT molecular complexity index is 477. The van der Waals surface area contributed by atoms with Crippen molar-refractivity contribution in [3.63, 3.8) is 0 Å². The Hall–Kier alpha value is -0.430. The lowest BCUT2D eigenvalue weighted by Gasteiger charge is -2.25. The summed E-state index contributed by atoms with van der Waals surface area (Å²) in [7, 11) is 0. The Balaban J connectivity index is 1.91. The zero-order chi connectivity index (χ0) is 13.6. The van der Waals surface area contributed by atoms with E-state index in [9.17, 15) is 0 Å². The molecule has 6 unspecified atom stereocenters. The lowest BCUT2D eigenvalue weighted by Crippen LogP contribution is -2.34. The van der Waals surface area contributed by atoms with Gasteiger partial charge in [0.25, 0.3) is 0 Å². The molecule has 0 aromatic carbocycles. The molecule has 3 fully saturated rings. The summed E-state index contributed by atoms with van der Waals surface area (Å²) in [4.78, 5) is 0. The molecule has 3 saturated heterocycles. The van der Waals surface area contributed by atoms with E-state index >= 15 is 0 Å². The normalized spacial score (nSPS) is 43.4. The third kappa shape index (κ3) is 2.05. The van der Waals surface area contributed by atoms with Crippen molar-refractivity contribution >= 4 is 27.5 Å². The smallest absolute Gasteiger partial charge is 0.128 e. The van der Waals surface area contributed by atoms with E-state index in [1.807, 2.05) is 6.08 Å². The van der Waals surface area contributed by atoms with Crippen molar-refractivity contribution < 1.29 is 9.47 Å². The molecule has 3 heterocycles. The van der Waals surface area contributed by atoms with E-state index in [1.54, 1.807) is 6.08 Å². The minimum Gasteiger partial charge on any atom is -0.491 e. The van der Waals surface area contributed by atoms with Gasteiger partial charge in [-0.3, -0.25) is 0 Å². The van der Waals surface area contributed by atoms with Crippen molar-refractivity contribution in [1.29, 1.82) is 0 Å². The van der Waals surface area contributed by atoms with Crippen LogP contribution in [0, 0.1) is 24.2 Å². The minimum atomic E-state index is -0.106. The van der Waals surface area contributed by atoms with Crippen LogP contribution in [0.25, 0.3) is 0 Å². The van der Waals surface area contributed by atoms with Crippen molar-refractivity contribution in [3.8, 4) is 12.3 Å². The molecular formula is C15H16BrClO2. The third-order valence-electron chi connectivity index (χ3n) is 4.26. The molecular weight excluding hydrogens is 328 g/mol. The van der Waals surface area contributed by atoms with Gasteiger partial charge in [0.15, 0.2) is 0 Å². The summed E-state index contributed by atoms with van der Waals surface area (Å²) >= 11 is 10.1. The van der Waals surface area contributed by atoms with Crippen molar-refractivity contribution in [2.24, 2.45) is 11.8 Å². The summed E-state index contributed by atoms with van der Waals surface area (Å²) in [5, 5.41) is -0.106. The van der Waals surface area contributed by atoms with Gasteiger partial charge >= 0.3 is 0 Å². The molecule has 3 rings (SSSR count). The van der Waals surface area contributed by atoms with Crippen LogP contribution in [-0.2, 0) is 9.47 Å². The van der Waals surface area contributed by atoms with E-state index in [2.05, 4.69) is 28.8 Å². The SMILES string of the molecule is C#C/C=C\C(Cl)C1C2CC3O/C(=C(/Br)CC)C1C3O2. The molecule has 0 spiro atoms. The zero-order valence-corrected chi connectivity index (χ0v) is 13.0. The molecule has 0 radical (unpaired) electrons. The first-order chi connectivity index (χ1) is 9.17. The molecule has 0 aromatic rings. The van der Waals surface area contributed by atoms with E-state index in [-0.39, 0.29) is 35.5 Å². The van der Waals surface area contributed by atoms with Crippen LogP contribution in [0.3, 0.4) is 0 Å². The molecule has 3 aliphatic rings. The number of ether oxygens (including phenoxy) is 2. The van der Waals surface area contributed by atoms with Gasteiger partial charge in [-0.05, 0) is 12.5 Å². The monoisotopic (exact) mass is 342 g/mol. The molecule has 2 bridgehead atoms. The molecule has 19 heavy (non-hydrogen) atoms. The number of hydrogen-bond acceptors (Lipinski definition) is 2. The summed E-state index contributed by atoms with van der Waals surface area (Å²) in [6, 6.07) is 0. The Kier molecular flexibility index (Phi) is 3.68. The van der Waals surface area contributed by atoms with Crippen LogP contribution in [0.5, 0.6) is 0 Å². The third-order valence-corrected chi connectivity index (χ3v) is 5.65. The summed E-state index contributed by atoms with van der Waals surface area (Å²) in [5.41, 5.74) is 0. The molecule has 4 heteroatoms. The van der Waals surface area contributed by atoms with Gasteiger partial charge in [-0.15, -0.1) is 18.0 Å². The minimum absolute atomic E-state index is 0.106. The number of terminal acetylenes is 1. The first-order valence-electron chi connectivity index (χ1n) is 6.64. The number of halogens is 2. The lowest BCUT2D eigenvalue weighted by molar-refractivity contribution is 0.0690. The van der Waals surface area contributed by atoms with Gasteiger partial charge in [-0.25, -0.2) is 0 Å². The molecule has 0 amide bonds. The van der Waals surface area contributed by atoms with Crippen LogP contribution >= 0.6 is 27.5 Å². The summed E-state index contributed by atoms with van der Waals surface area (Å²) < 4.78 is 13.2. The number of rotatable bonds is 3. The molecule has 3 aliphatic heterocycles. The number of hydrogen-bond donors (Lipinski definition) is 0. The highest BCUT2D eigenvalue weighted by Crippen LogP contribution is 2.56. The highest BCUT2D eigenvalue weighted by Gasteiger charge is 2.63. The molecule has 6 atom stereocenters. The van der Waals surface area contributed by atoms with Crippen LogP contribution in [0.4, 0.5) is 0 Å². The highest BCUT2D eigenvalue weighted by molar-refractivity contribution is 9.11. The first-order valence-corrected chi connectivity index (χ1v) is 7.87. The Morgan fingerprint density at radius 3 is 3.11 bits per heavy atom. The van der Waals surface area contributed by atoms with Gasteiger partial charge in [0, 0.05) is 16.8 Å². The second-order valence-electron chi connectivity index (χ2n) is 5.23. The second-order valence-corrected chi connectivity index (χ2v) is 6.69. The summed E-state index contributed by atoms with van der Waals surface area (Å²) in [6.45, 7) is 2.11. The Morgan fingerprint density at radius 1 is 1.63 bits per heavy atom. The number of allylic oxidation sites excluding steroid dienone is 3. The maximum atomic E-state index is 6.51. The fraction of sp³-hybridized carbons (Fsp3) is 0.600. The van der Waals surface area contributed by atoms with Gasteiger partial charge in [0.1, 0.15) is 18.0 Å². The highest BCUT2D eigenvalue weighted by atomic mass is 79.9. The average molecular weight is 344 g/mol. The fourth-order valence-electron chi connectivity index (χ4n) is 3.50. The average Bonchev–Trinajstić information content (AvgIpc) is 3.02.